The Hall–Kier alpha value is -0.790. The lowest BCUT2D eigenvalue weighted by atomic mass is 10.0. The highest BCUT2D eigenvalue weighted by Gasteiger charge is 2.19. The maximum absolute atomic E-state index is 10.7. The van der Waals surface area contributed by atoms with Crippen LogP contribution in [0, 0.1) is 6.92 Å². The molecule has 2 nitrogen and oxygen atoms in total. The number of rotatable bonds is 4. The van der Waals surface area contributed by atoms with E-state index in [1.807, 2.05) is 6.92 Å². The molecule has 0 spiro atoms. The average molecular weight is 155 g/mol. The van der Waals surface area contributed by atoms with Crippen LogP contribution in [0.3, 0.4) is 0 Å². The molecule has 0 saturated heterocycles. The Bertz CT molecular complexity index is 148. The van der Waals surface area contributed by atoms with Gasteiger partial charge in [0.25, 0.3) is 0 Å². The Morgan fingerprint density at radius 1 is 1.73 bits per heavy atom. The van der Waals surface area contributed by atoms with E-state index in [9.17, 15) is 4.79 Å². The largest absolute Gasteiger partial charge is 0.456 e. The Morgan fingerprint density at radius 2 is 2.27 bits per heavy atom. The minimum Gasteiger partial charge on any atom is -0.456 e. The van der Waals surface area contributed by atoms with E-state index in [-0.39, 0.29) is 0 Å². The van der Waals surface area contributed by atoms with Gasteiger partial charge >= 0.3 is 5.97 Å². The number of carbonyl (C=O) groups excluding carboxylic acids is 1. The predicted molar refractivity (Wildman–Crippen MR) is 45.0 cm³/mol. The summed E-state index contributed by atoms with van der Waals surface area (Å²) in [6.45, 7) is 10.9. The Labute approximate surface area is 68.2 Å². The molecule has 1 unspecified atom stereocenters. The summed E-state index contributed by atoms with van der Waals surface area (Å²) >= 11 is 0. The fourth-order valence-electron chi connectivity index (χ4n) is 0.864. The zero-order chi connectivity index (χ0) is 8.91. The normalized spacial score (nSPS) is 10.8. The van der Waals surface area contributed by atoms with Crippen LogP contribution < -0.4 is 0 Å². The van der Waals surface area contributed by atoms with Gasteiger partial charge in [0.15, 0.2) is 0 Å². The number of ether oxygens (including phenoxy) is 1. The zero-order valence-corrected chi connectivity index (χ0v) is 7.22. The number of hydrogen-bond acceptors (Lipinski definition) is 2. The first-order valence-electron chi connectivity index (χ1n) is 3.72. The van der Waals surface area contributed by atoms with Crippen molar-refractivity contribution in [2.24, 2.45) is 0 Å². The summed E-state index contributed by atoms with van der Waals surface area (Å²) in [5.74, 6) is -0.407. The molecular weight excluding hydrogens is 140 g/mol. The quantitative estimate of drug-likeness (QED) is 0.459. The lowest BCUT2D eigenvalue weighted by molar-refractivity contribution is -0.148. The van der Waals surface area contributed by atoms with Crippen LogP contribution in [-0.4, -0.2) is 11.6 Å². The van der Waals surface area contributed by atoms with E-state index in [4.69, 9.17) is 4.74 Å². The van der Waals surface area contributed by atoms with E-state index in [0.717, 1.165) is 18.9 Å². The van der Waals surface area contributed by atoms with Gasteiger partial charge in [0, 0.05) is 6.08 Å². The molecule has 0 amide bonds. The van der Waals surface area contributed by atoms with Gasteiger partial charge in [-0.05, 0) is 20.3 Å². The van der Waals surface area contributed by atoms with Gasteiger partial charge in [-0.1, -0.05) is 19.9 Å². The molecule has 0 aromatic rings. The fourth-order valence-corrected chi connectivity index (χ4v) is 0.864. The van der Waals surface area contributed by atoms with E-state index >= 15 is 0 Å². The molecule has 0 aromatic carbocycles. The fraction of sp³-hybridized carbons (Fsp3) is 0.556. The zero-order valence-electron chi connectivity index (χ0n) is 7.22. The van der Waals surface area contributed by atoms with Crippen molar-refractivity contribution < 1.29 is 9.53 Å². The Morgan fingerprint density at radius 3 is 2.64 bits per heavy atom. The van der Waals surface area contributed by atoms with Gasteiger partial charge < -0.3 is 4.74 Å². The minimum atomic E-state index is -0.597. The SMILES string of the molecule is [CH2]C(C)(CCC)OC(=O)C=C. The van der Waals surface area contributed by atoms with Gasteiger partial charge in [0.1, 0.15) is 5.60 Å². The second kappa shape index (κ2) is 4.16. The summed E-state index contributed by atoms with van der Waals surface area (Å²) in [6, 6.07) is 0. The molecule has 63 valence electrons. The van der Waals surface area contributed by atoms with Crippen molar-refractivity contribution in [3.63, 3.8) is 0 Å². The van der Waals surface area contributed by atoms with Crippen LogP contribution >= 0.6 is 0 Å². The highest BCUT2D eigenvalue weighted by molar-refractivity contribution is 5.81. The van der Waals surface area contributed by atoms with Crippen molar-refractivity contribution in [2.75, 3.05) is 0 Å². The third-order valence-corrected chi connectivity index (χ3v) is 1.29. The van der Waals surface area contributed by atoms with Gasteiger partial charge in [-0.3, -0.25) is 0 Å². The van der Waals surface area contributed by atoms with Crippen LogP contribution in [0.5, 0.6) is 0 Å². The molecule has 0 saturated carbocycles. The summed E-state index contributed by atoms with van der Waals surface area (Å²) in [6.07, 6.45) is 2.87. The van der Waals surface area contributed by atoms with Gasteiger partial charge in [0.05, 0.1) is 0 Å². The summed E-state index contributed by atoms with van der Waals surface area (Å²) in [5.41, 5.74) is -0.597. The highest BCUT2D eigenvalue weighted by atomic mass is 16.6. The molecule has 0 fully saturated rings. The summed E-state index contributed by atoms with van der Waals surface area (Å²) in [4.78, 5) is 10.7. The standard InChI is InChI=1S/C9H15O2/c1-5-7-9(3,4)11-8(10)6-2/h6H,2-3,5,7H2,1,4H3. The lowest BCUT2D eigenvalue weighted by Gasteiger charge is -2.23. The van der Waals surface area contributed by atoms with E-state index in [1.165, 1.54) is 0 Å². The molecule has 2 heteroatoms. The Balaban J connectivity index is 3.89. The van der Waals surface area contributed by atoms with Gasteiger partial charge in [-0.2, -0.15) is 0 Å². The van der Waals surface area contributed by atoms with Gasteiger partial charge in [-0.25, -0.2) is 4.79 Å². The summed E-state index contributed by atoms with van der Waals surface area (Å²) in [5, 5.41) is 0. The van der Waals surface area contributed by atoms with Crippen molar-refractivity contribution in [3.8, 4) is 0 Å². The molecule has 0 aromatic heterocycles. The van der Waals surface area contributed by atoms with Gasteiger partial charge in [0.2, 0.25) is 0 Å². The highest BCUT2D eigenvalue weighted by Crippen LogP contribution is 2.15. The number of esters is 1. The average Bonchev–Trinajstić information content (AvgIpc) is 1.86. The van der Waals surface area contributed by atoms with E-state index in [1.54, 1.807) is 6.92 Å². The van der Waals surface area contributed by atoms with Crippen molar-refractivity contribution in [1.82, 2.24) is 0 Å². The predicted octanol–water partition coefficient (Wildman–Crippen LogP) is 2.11. The van der Waals surface area contributed by atoms with E-state index < -0.39 is 11.6 Å². The van der Waals surface area contributed by atoms with Gasteiger partial charge in [-0.15, -0.1) is 0 Å². The molecule has 0 rings (SSSR count). The van der Waals surface area contributed by atoms with Crippen LogP contribution in [0.15, 0.2) is 12.7 Å². The van der Waals surface area contributed by atoms with Crippen molar-refractivity contribution >= 4 is 5.97 Å². The number of hydrogen-bond donors (Lipinski definition) is 0. The maximum atomic E-state index is 10.7. The summed E-state index contributed by atoms with van der Waals surface area (Å²) < 4.78 is 4.96. The molecule has 1 atom stereocenters. The van der Waals surface area contributed by atoms with Crippen LogP contribution in [0.2, 0.25) is 0 Å². The lowest BCUT2D eigenvalue weighted by Crippen LogP contribution is -2.27. The molecule has 0 aliphatic carbocycles. The topological polar surface area (TPSA) is 26.3 Å². The van der Waals surface area contributed by atoms with E-state index in [0.29, 0.717) is 0 Å². The van der Waals surface area contributed by atoms with Crippen molar-refractivity contribution in [3.05, 3.63) is 19.6 Å². The van der Waals surface area contributed by atoms with Crippen molar-refractivity contribution in [1.29, 1.82) is 0 Å². The molecule has 0 aliphatic heterocycles. The minimum absolute atomic E-state index is 0.407. The van der Waals surface area contributed by atoms with Crippen molar-refractivity contribution in [2.45, 2.75) is 32.3 Å². The second-order valence-corrected chi connectivity index (χ2v) is 2.83. The molecule has 0 bridgehead atoms. The number of carbonyl (C=O) groups is 1. The third-order valence-electron chi connectivity index (χ3n) is 1.29. The first kappa shape index (κ1) is 10.2. The first-order valence-corrected chi connectivity index (χ1v) is 3.72. The smallest absolute Gasteiger partial charge is 0.330 e. The van der Waals surface area contributed by atoms with Crippen LogP contribution in [0.1, 0.15) is 26.7 Å². The first-order chi connectivity index (χ1) is 5.02. The summed E-state index contributed by atoms with van der Waals surface area (Å²) in [7, 11) is 0. The van der Waals surface area contributed by atoms with Crippen LogP contribution in [-0.2, 0) is 9.53 Å². The Kier molecular flexibility index (Phi) is 3.86. The molecule has 0 aliphatic rings. The van der Waals surface area contributed by atoms with E-state index in [2.05, 4.69) is 13.5 Å². The monoisotopic (exact) mass is 155 g/mol. The molecule has 0 N–H and O–H groups in total. The molecule has 1 radical (unpaired) electrons. The van der Waals surface area contributed by atoms with Crippen LogP contribution in [0.4, 0.5) is 0 Å². The van der Waals surface area contributed by atoms with Crippen LogP contribution in [0.25, 0.3) is 0 Å². The maximum Gasteiger partial charge on any atom is 0.330 e. The second-order valence-electron chi connectivity index (χ2n) is 2.83. The molecular formula is C9H15O2. The third kappa shape index (κ3) is 4.59. The molecule has 11 heavy (non-hydrogen) atoms. The molecule has 0 heterocycles.